The monoisotopic (exact) mass is 414 g/mol. The van der Waals surface area contributed by atoms with Gasteiger partial charge in [0, 0.05) is 19.6 Å². The Kier molecular flexibility index (Phi) is 6.12. The van der Waals surface area contributed by atoms with E-state index in [1.807, 2.05) is 48.5 Å². The lowest BCUT2D eigenvalue weighted by Crippen LogP contribution is -2.39. The van der Waals surface area contributed by atoms with E-state index in [4.69, 9.17) is 19.3 Å². The topological polar surface area (TPSA) is 81.1 Å². The minimum atomic E-state index is -1.19. The molecule has 1 saturated heterocycles. The fraction of sp³-hybridized carbons (Fsp3) is 0.333. The number of hydrogen-bond acceptors (Lipinski definition) is 7. The lowest BCUT2D eigenvalue weighted by Gasteiger charge is -2.30. The molecule has 0 atom stereocenters. The highest BCUT2D eigenvalue weighted by molar-refractivity contribution is 7.20. The third-order valence-corrected chi connectivity index (χ3v) is 5.70. The van der Waals surface area contributed by atoms with Crippen LogP contribution in [-0.4, -0.2) is 53.5 Å². The Hall–Kier alpha value is -2.84. The molecule has 4 rings (SSSR count). The van der Waals surface area contributed by atoms with Crippen LogP contribution >= 0.6 is 11.3 Å². The van der Waals surface area contributed by atoms with E-state index in [0.717, 1.165) is 54.2 Å². The molecule has 0 saturated carbocycles. The molecule has 0 amide bonds. The van der Waals surface area contributed by atoms with Crippen LogP contribution < -0.4 is 9.47 Å². The van der Waals surface area contributed by atoms with Crippen molar-refractivity contribution in [1.29, 1.82) is 0 Å². The molecule has 2 aromatic carbocycles. The summed E-state index contributed by atoms with van der Waals surface area (Å²) in [5.41, 5.74) is 0.936. The molecule has 7 nitrogen and oxygen atoms in total. The van der Waals surface area contributed by atoms with Crippen molar-refractivity contribution >= 4 is 27.7 Å². The molecule has 1 fully saturated rings. The summed E-state index contributed by atoms with van der Waals surface area (Å²) in [5.74, 6) is 1.50. The van der Waals surface area contributed by atoms with Gasteiger partial charge in [-0.25, -0.2) is 9.78 Å². The zero-order chi connectivity index (χ0) is 20.1. The van der Waals surface area contributed by atoms with E-state index in [2.05, 4.69) is 9.88 Å². The van der Waals surface area contributed by atoms with Gasteiger partial charge in [0.1, 0.15) is 24.2 Å². The number of piperidine rings is 1. The van der Waals surface area contributed by atoms with Crippen LogP contribution in [0.2, 0.25) is 0 Å². The van der Waals surface area contributed by atoms with E-state index in [9.17, 15) is 4.79 Å². The first kappa shape index (κ1) is 19.5. The van der Waals surface area contributed by atoms with E-state index in [0.29, 0.717) is 11.8 Å². The van der Waals surface area contributed by atoms with Gasteiger partial charge in [0.15, 0.2) is 0 Å². The van der Waals surface area contributed by atoms with Crippen LogP contribution in [0.25, 0.3) is 10.2 Å². The molecule has 29 heavy (non-hydrogen) atoms. The van der Waals surface area contributed by atoms with Crippen molar-refractivity contribution in [3.63, 3.8) is 0 Å². The second kappa shape index (κ2) is 9.11. The van der Waals surface area contributed by atoms with Gasteiger partial charge in [-0.1, -0.05) is 23.5 Å². The second-order valence-electron chi connectivity index (χ2n) is 6.79. The number of rotatable bonds is 7. The van der Waals surface area contributed by atoms with Gasteiger partial charge in [-0.2, -0.15) is 0 Å². The lowest BCUT2D eigenvalue weighted by molar-refractivity contribution is 0.0180. The number of aromatic nitrogens is 1. The van der Waals surface area contributed by atoms with E-state index < -0.39 is 6.16 Å². The quantitative estimate of drug-likeness (QED) is 0.565. The van der Waals surface area contributed by atoms with Crippen molar-refractivity contribution < 1.29 is 24.1 Å². The van der Waals surface area contributed by atoms with Gasteiger partial charge >= 0.3 is 6.16 Å². The largest absolute Gasteiger partial charge is 0.506 e. The molecule has 1 aliphatic rings. The zero-order valence-electron chi connectivity index (χ0n) is 15.8. The van der Waals surface area contributed by atoms with Gasteiger partial charge in [-0.3, -0.25) is 4.90 Å². The van der Waals surface area contributed by atoms with Crippen molar-refractivity contribution in [2.75, 3.05) is 26.2 Å². The maximum absolute atomic E-state index is 10.6. The predicted molar refractivity (Wildman–Crippen MR) is 110 cm³/mol. The third-order valence-electron chi connectivity index (χ3n) is 4.78. The first-order valence-corrected chi connectivity index (χ1v) is 10.4. The average molecular weight is 414 g/mol. The predicted octanol–water partition coefficient (Wildman–Crippen LogP) is 4.63. The number of benzene rings is 2. The molecule has 0 unspecified atom stereocenters. The van der Waals surface area contributed by atoms with Crippen LogP contribution in [0, 0.1) is 0 Å². The van der Waals surface area contributed by atoms with Gasteiger partial charge in [-0.15, -0.1) is 0 Å². The Morgan fingerprint density at radius 2 is 1.83 bits per heavy atom. The van der Waals surface area contributed by atoms with Crippen LogP contribution in [0.15, 0.2) is 48.5 Å². The SMILES string of the molecule is O=C(O)OC1CCN(CCOc2ccc(Oc3nc4ccccc4s3)cc2)CC1. The number of carboxylic acid groups (broad SMARTS) is 1. The van der Waals surface area contributed by atoms with Crippen molar-refractivity contribution in [1.82, 2.24) is 9.88 Å². The molecule has 1 aromatic heterocycles. The molecule has 1 aliphatic heterocycles. The molecule has 0 bridgehead atoms. The minimum absolute atomic E-state index is 0.187. The number of ether oxygens (including phenoxy) is 3. The van der Waals surface area contributed by atoms with Crippen LogP contribution in [0.1, 0.15) is 12.8 Å². The Bertz CT molecular complexity index is 918. The number of likely N-dealkylation sites (tertiary alicyclic amines) is 1. The summed E-state index contributed by atoms with van der Waals surface area (Å²) in [6.45, 7) is 3.00. The van der Waals surface area contributed by atoms with Crippen molar-refractivity contribution in [3.05, 3.63) is 48.5 Å². The maximum atomic E-state index is 10.6. The zero-order valence-corrected chi connectivity index (χ0v) is 16.6. The summed E-state index contributed by atoms with van der Waals surface area (Å²) in [5, 5.41) is 9.29. The Morgan fingerprint density at radius 1 is 1.10 bits per heavy atom. The molecule has 8 heteroatoms. The number of nitrogens with zero attached hydrogens (tertiary/aromatic N) is 2. The fourth-order valence-electron chi connectivity index (χ4n) is 3.29. The van der Waals surface area contributed by atoms with Crippen molar-refractivity contribution in [2.24, 2.45) is 0 Å². The normalized spacial score (nSPS) is 15.3. The number of hydrogen-bond donors (Lipinski definition) is 1. The number of para-hydroxylation sites is 1. The minimum Gasteiger partial charge on any atom is -0.492 e. The van der Waals surface area contributed by atoms with E-state index in [1.165, 1.54) is 11.3 Å². The molecule has 152 valence electrons. The van der Waals surface area contributed by atoms with Gasteiger partial charge in [0.2, 0.25) is 0 Å². The van der Waals surface area contributed by atoms with E-state index in [-0.39, 0.29) is 6.10 Å². The molecule has 0 spiro atoms. The summed E-state index contributed by atoms with van der Waals surface area (Å²) >= 11 is 1.52. The lowest BCUT2D eigenvalue weighted by atomic mass is 10.1. The summed E-state index contributed by atoms with van der Waals surface area (Å²) in [6.07, 6.45) is 0.0729. The van der Waals surface area contributed by atoms with Gasteiger partial charge < -0.3 is 19.3 Å². The van der Waals surface area contributed by atoms with Crippen LogP contribution in [-0.2, 0) is 4.74 Å². The molecular weight excluding hydrogens is 392 g/mol. The smallest absolute Gasteiger partial charge is 0.492 e. The highest BCUT2D eigenvalue weighted by Crippen LogP contribution is 2.31. The molecule has 0 aliphatic carbocycles. The molecule has 2 heterocycles. The highest BCUT2D eigenvalue weighted by atomic mass is 32.1. The molecule has 3 aromatic rings. The first-order valence-electron chi connectivity index (χ1n) is 9.54. The van der Waals surface area contributed by atoms with Crippen molar-refractivity contribution in [2.45, 2.75) is 18.9 Å². The molecule has 1 N–H and O–H groups in total. The second-order valence-corrected chi connectivity index (χ2v) is 7.79. The summed E-state index contributed by atoms with van der Waals surface area (Å²) < 4.78 is 17.6. The first-order chi connectivity index (χ1) is 14.2. The van der Waals surface area contributed by atoms with Crippen molar-refractivity contribution in [3.8, 4) is 16.7 Å². The summed E-state index contributed by atoms with van der Waals surface area (Å²) in [7, 11) is 0. The molecular formula is C21H22N2O5S. The highest BCUT2D eigenvalue weighted by Gasteiger charge is 2.21. The Morgan fingerprint density at radius 3 is 2.55 bits per heavy atom. The number of thiazole rings is 1. The van der Waals surface area contributed by atoms with Gasteiger partial charge in [0.05, 0.1) is 10.2 Å². The van der Waals surface area contributed by atoms with Gasteiger partial charge in [-0.05, 0) is 49.2 Å². The Balaban J connectivity index is 1.21. The summed E-state index contributed by atoms with van der Waals surface area (Å²) in [4.78, 5) is 17.3. The van der Waals surface area contributed by atoms with Crippen LogP contribution in [0.5, 0.6) is 16.7 Å². The number of fused-ring (bicyclic) bond motifs is 1. The van der Waals surface area contributed by atoms with Gasteiger partial charge in [0.25, 0.3) is 5.19 Å². The molecule has 0 radical (unpaired) electrons. The van der Waals surface area contributed by atoms with E-state index >= 15 is 0 Å². The third kappa shape index (κ3) is 5.36. The number of carbonyl (C=O) groups is 1. The average Bonchev–Trinajstić information content (AvgIpc) is 3.12. The fourth-order valence-corrected chi connectivity index (χ4v) is 4.12. The van der Waals surface area contributed by atoms with Crippen LogP contribution in [0.3, 0.4) is 0 Å². The maximum Gasteiger partial charge on any atom is 0.506 e. The van der Waals surface area contributed by atoms with Crippen LogP contribution in [0.4, 0.5) is 4.79 Å². The Labute approximate surface area is 172 Å². The summed E-state index contributed by atoms with van der Waals surface area (Å²) in [6, 6.07) is 15.5. The van der Waals surface area contributed by atoms with E-state index in [1.54, 1.807) is 0 Å². The standard InChI is InChI=1S/C21H22N2O5S/c24-21(25)28-17-9-11-23(12-10-17)13-14-26-15-5-7-16(8-6-15)27-20-22-18-3-1-2-4-19(18)29-20/h1-8,17H,9-14H2,(H,24,25).